The summed E-state index contributed by atoms with van der Waals surface area (Å²) in [4.78, 5) is 21.7. The predicted octanol–water partition coefficient (Wildman–Crippen LogP) is -6.94. The van der Waals surface area contributed by atoms with E-state index < -0.39 is 11.7 Å². The minimum absolute atomic E-state index is 0. The summed E-state index contributed by atoms with van der Waals surface area (Å²) in [6.07, 6.45) is 0. The molecule has 0 aliphatic rings. The number of aromatic hydroxyl groups is 1. The van der Waals surface area contributed by atoms with Gasteiger partial charge in [0.1, 0.15) is 5.75 Å². The molecule has 15 heavy (non-hydrogen) atoms. The van der Waals surface area contributed by atoms with Crippen LogP contribution >= 0.6 is 0 Å². The molecule has 0 aromatic heterocycles. The molecule has 1 aromatic rings. The number of nitrogens with two attached hydrogens (primary N) is 1. The number of primary amides is 1. The van der Waals surface area contributed by atoms with E-state index in [0.29, 0.717) is 0 Å². The molecule has 0 unspecified atom stereocenters. The zero-order chi connectivity index (χ0) is 9.84. The van der Waals surface area contributed by atoms with Gasteiger partial charge < -0.3 is 29.9 Å². The topological polar surface area (TPSA) is 91.2 Å². The molecule has 0 aliphatic carbocycles. The highest BCUT2D eigenvalue weighted by Gasteiger charge is 2.19. The summed E-state index contributed by atoms with van der Waals surface area (Å²) in [5.41, 5.74) is 0.350. The van der Waals surface area contributed by atoms with Crippen LogP contribution in [0.5, 0.6) is 5.75 Å². The number of carbonyl (C=O) groups excluding carboxylic acids is 2. The highest BCUT2D eigenvalue weighted by molar-refractivity contribution is 6.39. The van der Waals surface area contributed by atoms with E-state index in [1.165, 1.54) is 24.3 Å². The Hall–Kier alpha value is -1.14. The molecule has 0 fully saturated rings. The van der Waals surface area contributed by atoms with Crippen LogP contribution in [0.15, 0.2) is 24.3 Å². The van der Waals surface area contributed by atoms with Gasteiger partial charge in [0, 0.05) is 5.56 Å². The van der Waals surface area contributed by atoms with Crippen molar-refractivity contribution in [2.75, 3.05) is 0 Å². The van der Waals surface area contributed by atoms with Crippen molar-refractivity contribution in [1.82, 2.24) is 0 Å². The van der Waals surface area contributed by atoms with Crippen molar-refractivity contribution in [2.45, 2.75) is 0 Å². The SMILES string of the molecule is O=C([NH2+]O)C(=O)c1ccc(O)cc1.[Cl-].[Cl-]. The van der Waals surface area contributed by atoms with E-state index in [0.717, 1.165) is 0 Å². The maximum atomic E-state index is 11.1. The Balaban J connectivity index is 0. The van der Waals surface area contributed by atoms with Gasteiger partial charge in [0.2, 0.25) is 0 Å². The predicted molar refractivity (Wildman–Crippen MR) is 41.2 cm³/mol. The maximum Gasteiger partial charge on any atom is 0.415 e. The van der Waals surface area contributed by atoms with Crippen molar-refractivity contribution in [2.24, 2.45) is 0 Å². The number of benzene rings is 1. The van der Waals surface area contributed by atoms with Gasteiger partial charge in [-0.1, -0.05) is 0 Å². The number of ketones is 1. The van der Waals surface area contributed by atoms with Gasteiger partial charge in [-0.05, 0) is 24.3 Å². The van der Waals surface area contributed by atoms with Gasteiger partial charge in [-0.25, -0.2) is 10.0 Å². The molecule has 0 radical (unpaired) electrons. The second-order valence-corrected chi connectivity index (χ2v) is 2.37. The summed E-state index contributed by atoms with van der Waals surface area (Å²) in [5.74, 6) is -1.77. The van der Waals surface area contributed by atoms with Gasteiger partial charge in [0.25, 0.3) is 5.78 Å². The number of carbonyl (C=O) groups is 2. The van der Waals surface area contributed by atoms with Crippen LogP contribution < -0.4 is 30.3 Å². The molecule has 5 nitrogen and oxygen atoms in total. The van der Waals surface area contributed by atoms with E-state index in [1.54, 1.807) is 0 Å². The number of hydroxylamine groups is 1. The lowest BCUT2D eigenvalue weighted by molar-refractivity contribution is -0.811. The van der Waals surface area contributed by atoms with Gasteiger partial charge in [-0.2, -0.15) is 0 Å². The largest absolute Gasteiger partial charge is 1.00 e. The second kappa shape index (κ2) is 7.19. The number of hydrogen-bond acceptors (Lipinski definition) is 4. The molecule has 7 heteroatoms. The zero-order valence-electron chi connectivity index (χ0n) is 7.35. The molecule has 1 rings (SSSR count). The minimum Gasteiger partial charge on any atom is -1.00 e. The molecular weight excluding hydrogens is 245 g/mol. The van der Waals surface area contributed by atoms with Crippen molar-refractivity contribution in [1.29, 1.82) is 0 Å². The van der Waals surface area contributed by atoms with Crippen molar-refractivity contribution in [3.05, 3.63) is 29.8 Å². The Morgan fingerprint density at radius 2 is 1.53 bits per heavy atom. The summed E-state index contributed by atoms with van der Waals surface area (Å²) in [5, 5.41) is 17.2. The summed E-state index contributed by atoms with van der Waals surface area (Å²) in [7, 11) is 0. The van der Waals surface area contributed by atoms with Crippen LogP contribution in [-0.4, -0.2) is 22.0 Å². The number of phenolic OH excluding ortho intramolecular Hbond substituents is 1. The van der Waals surface area contributed by atoms with E-state index in [1.807, 2.05) is 0 Å². The first-order chi connectivity index (χ1) is 6.15. The van der Waals surface area contributed by atoms with E-state index >= 15 is 0 Å². The van der Waals surface area contributed by atoms with Crippen molar-refractivity contribution < 1.29 is 50.2 Å². The number of amides is 1. The van der Waals surface area contributed by atoms with E-state index in [-0.39, 0.29) is 41.6 Å². The molecule has 0 aliphatic heterocycles. The monoisotopic (exact) mass is 252 g/mol. The molecule has 4 N–H and O–H groups in total. The van der Waals surface area contributed by atoms with Gasteiger partial charge in [0.05, 0.1) is 0 Å². The third kappa shape index (κ3) is 4.26. The zero-order valence-corrected chi connectivity index (χ0v) is 8.87. The number of hydrogen-bond donors (Lipinski definition) is 3. The van der Waals surface area contributed by atoms with Gasteiger partial charge >= 0.3 is 5.91 Å². The third-order valence-corrected chi connectivity index (χ3v) is 1.47. The quantitative estimate of drug-likeness (QED) is 0.211. The van der Waals surface area contributed by atoms with Crippen molar-refractivity contribution in [3.8, 4) is 5.75 Å². The van der Waals surface area contributed by atoms with Gasteiger partial charge in [-0.3, -0.25) is 4.79 Å². The highest BCUT2D eigenvalue weighted by Crippen LogP contribution is 2.09. The smallest absolute Gasteiger partial charge is 0.415 e. The van der Waals surface area contributed by atoms with Gasteiger partial charge in [-0.15, -0.1) is 5.48 Å². The average molecular weight is 253 g/mol. The molecule has 1 aromatic carbocycles. The van der Waals surface area contributed by atoms with Crippen LogP contribution in [0.25, 0.3) is 0 Å². The fraction of sp³-hybridized carbons (Fsp3) is 0. The van der Waals surface area contributed by atoms with E-state index in [2.05, 4.69) is 0 Å². The molecule has 0 bridgehead atoms. The summed E-state index contributed by atoms with van der Waals surface area (Å²) in [6, 6.07) is 5.19. The molecule has 0 spiro atoms. The van der Waals surface area contributed by atoms with Crippen LogP contribution in [-0.2, 0) is 4.79 Å². The molecule has 0 heterocycles. The van der Waals surface area contributed by atoms with Crippen LogP contribution in [0.3, 0.4) is 0 Å². The van der Waals surface area contributed by atoms with Crippen molar-refractivity contribution >= 4 is 11.7 Å². The lowest BCUT2D eigenvalue weighted by Crippen LogP contribution is -3.00. The van der Waals surface area contributed by atoms with E-state index in [9.17, 15) is 9.59 Å². The second-order valence-electron chi connectivity index (χ2n) is 2.37. The fourth-order valence-corrected chi connectivity index (χ4v) is 0.814. The lowest BCUT2D eigenvalue weighted by Gasteiger charge is -1.95. The Labute approximate surface area is 97.9 Å². The Kier molecular flexibility index (Phi) is 7.81. The highest BCUT2D eigenvalue weighted by atomic mass is 35.5. The molecule has 0 atom stereocenters. The van der Waals surface area contributed by atoms with E-state index in [4.69, 9.17) is 10.3 Å². The summed E-state index contributed by atoms with van der Waals surface area (Å²) in [6.45, 7) is 0. The molecule has 1 amide bonds. The molecule has 0 saturated carbocycles. The number of Topliss-reactive ketones (excluding diaryl/α,β-unsaturated/α-hetero) is 1. The first-order valence-corrected chi connectivity index (χ1v) is 3.50. The summed E-state index contributed by atoms with van der Waals surface area (Å²) >= 11 is 0. The molecular formula is C8H8Cl2NO4-. The first-order valence-electron chi connectivity index (χ1n) is 3.50. The van der Waals surface area contributed by atoms with Crippen LogP contribution in [0, 0.1) is 0 Å². The van der Waals surface area contributed by atoms with Crippen LogP contribution in [0.2, 0.25) is 0 Å². The number of quaternary nitrogens is 1. The average Bonchev–Trinajstić information content (AvgIpc) is 2.17. The Bertz CT molecular complexity index is 339. The minimum atomic E-state index is -0.981. The third-order valence-electron chi connectivity index (χ3n) is 1.47. The first kappa shape index (κ1) is 16.3. The van der Waals surface area contributed by atoms with Gasteiger partial charge in [0.15, 0.2) is 0 Å². The Morgan fingerprint density at radius 3 is 1.93 bits per heavy atom. The lowest BCUT2D eigenvalue weighted by atomic mass is 10.1. The summed E-state index contributed by atoms with van der Waals surface area (Å²) < 4.78 is 0. The molecule has 0 saturated heterocycles. The maximum absolute atomic E-state index is 11.1. The Morgan fingerprint density at radius 1 is 1.07 bits per heavy atom. The number of rotatable bonds is 2. The molecule has 84 valence electrons. The van der Waals surface area contributed by atoms with Crippen molar-refractivity contribution in [3.63, 3.8) is 0 Å². The number of phenols is 1. The number of halogens is 2. The van der Waals surface area contributed by atoms with Crippen LogP contribution in [0.4, 0.5) is 0 Å². The van der Waals surface area contributed by atoms with Crippen LogP contribution in [0.1, 0.15) is 10.4 Å². The fourth-order valence-electron chi connectivity index (χ4n) is 0.814. The standard InChI is InChI=1S/C8H7NO4.2ClH/c10-6-3-1-5(2-4-6)7(11)8(12)9-13;;/h1-4,10,13H,(H,9,12);2*1H/p-1. The normalized spacial score (nSPS) is 8.33.